The quantitative estimate of drug-likeness (QED) is 0.807. The Hall–Kier alpha value is -2.45. The standard InChI is InChI=1S/C12H9F3N2O4/c13-12(14,15)11(19)17-7-3-16-10(18)6-2-9-8(1-5(6)7)20-4-21-9/h1-2,7H,3-4H2,(H,16,18)(H,17,19)/t7-/m1/s1. The van der Waals surface area contributed by atoms with E-state index in [1.807, 2.05) is 5.32 Å². The van der Waals surface area contributed by atoms with Crippen molar-refractivity contribution in [1.29, 1.82) is 0 Å². The average molecular weight is 302 g/mol. The Bertz CT molecular complexity index is 630. The third-order valence-corrected chi connectivity index (χ3v) is 3.19. The van der Waals surface area contributed by atoms with Gasteiger partial charge in [-0.05, 0) is 17.7 Å². The number of rotatable bonds is 1. The molecule has 2 heterocycles. The van der Waals surface area contributed by atoms with Crippen molar-refractivity contribution >= 4 is 11.8 Å². The zero-order valence-electron chi connectivity index (χ0n) is 10.4. The number of alkyl halides is 3. The lowest BCUT2D eigenvalue weighted by molar-refractivity contribution is -0.174. The fraction of sp³-hybridized carbons (Fsp3) is 0.333. The second kappa shape index (κ2) is 4.54. The molecule has 2 aliphatic rings. The molecular formula is C12H9F3N2O4. The van der Waals surface area contributed by atoms with Gasteiger partial charge in [-0.2, -0.15) is 13.2 Å². The number of carbonyl (C=O) groups is 2. The zero-order chi connectivity index (χ0) is 15.2. The normalized spacial score (nSPS) is 19.8. The Morgan fingerprint density at radius 3 is 2.62 bits per heavy atom. The van der Waals surface area contributed by atoms with Gasteiger partial charge in [0.1, 0.15) is 0 Å². The lowest BCUT2D eigenvalue weighted by Gasteiger charge is -2.27. The lowest BCUT2D eigenvalue weighted by Crippen LogP contribution is -2.46. The van der Waals surface area contributed by atoms with Crippen LogP contribution in [-0.4, -0.2) is 31.3 Å². The molecule has 0 aliphatic carbocycles. The van der Waals surface area contributed by atoms with Gasteiger partial charge in [0.2, 0.25) is 6.79 Å². The number of benzene rings is 1. The molecule has 1 atom stereocenters. The van der Waals surface area contributed by atoms with Crippen molar-refractivity contribution in [3.05, 3.63) is 23.3 Å². The first-order valence-corrected chi connectivity index (χ1v) is 5.95. The van der Waals surface area contributed by atoms with Gasteiger partial charge in [-0.15, -0.1) is 0 Å². The molecule has 2 N–H and O–H groups in total. The Labute approximate surface area is 116 Å². The number of hydrogen-bond donors (Lipinski definition) is 2. The van der Waals surface area contributed by atoms with Gasteiger partial charge in [0.05, 0.1) is 6.04 Å². The molecule has 0 saturated heterocycles. The monoisotopic (exact) mass is 302 g/mol. The van der Waals surface area contributed by atoms with Crippen molar-refractivity contribution in [3.63, 3.8) is 0 Å². The van der Waals surface area contributed by atoms with Crippen LogP contribution in [0.15, 0.2) is 12.1 Å². The number of ether oxygens (including phenoxy) is 2. The average Bonchev–Trinajstić information content (AvgIpc) is 2.86. The summed E-state index contributed by atoms with van der Waals surface area (Å²) in [4.78, 5) is 22.8. The second-order valence-corrected chi connectivity index (χ2v) is 4.53. The van der Waals surface area contributed by atoms with Crippen molar-refractivity contribution in [2.24, 2.45) is 0 Å². The Morgan fingerprint density at radius 1 is 1.29 bits per heavy atom. The van der Waals surface area contributed by atoms with Crippen LogP contribution in [0.5, 0.6) is 11.5 Å². The number of hydrogen-bond acceptors (Lipinski definition) is 4. The van der Waals surface area contributed by atoms with E-state index >= 15 is 0 Å². The molecule has 112 valence electrons. The molecule has 21 heavy (non-hydrogen) atoms. The van der Waals surface area contributed by atoms with Gasteiger partial charge in [0.15, 0.2) is 11.5 Å². The van der Waals surface area contributed by atoms with E-state index in [1.54, 1.807) is 0 Å². The van der Waals surface area contributed by atoms with Gasteiger partial charge < -0.3 is 20.1 Å². The number of nitrogens with one attached hydrogen (secondary N) is 2. The van der Waals surface area contributed by atoms with E-state index in [2.05, 4.69) is 5.32 Å². The topological polar surface area (TPSA) is 76.7 Å². The maximum Gasteiger partial charge on any atom is 0.471 e. The second-order valence-electron chi connectivity index (χ2n) is 4.53. The first-order valence-electron chi connectivity index (χ1n) is 5.95. The van der Waals surface area contributed by atoms with Gasteiger partial charge in [-0.3, -0.25) is 9.59 Å². The van der Waals surface area contributed by atoms with Crippen molar-refractivity contribution in [2.75, 3.05) is 13.3 Å². The first kappa shape index (κ1) is 13.5. The van der Waals surface area contributed by atoms with Gasteiger partial charge >= 0.3 is 12.1 Å². The van der Waals surface area contributed by atoms with E-state index < -0.39 is 24.0 Å². The SMILES string of the molecule is O=C1NC[C@@H](NC(=O)C(F)(F)F)c2cc3c(cc21)OCO3. The van der Waals surface area contributed by atoms with E-state index in [-0.39, 0.29) is 24.5 Å². The molecule has 0 fully saturated rings. The summed E-state index contributed by atoms with van der Waals surface area (Å²) in [7, 11) is 0. The smallest absolute Gasteiger partial charge is 0.454 e. The molecule has 0 spiro atoms. The minimum absolute atomic E-state index is 0.0284. The summed E-state index contributed by atoms with van der Waals surface area (Å²) in [5.41, 5.74) is 0.415. The summed E-state index contributed by atoms with van der Waals surface area (Å²) in [6.45, 7) is -0.160. The van der Waals surface area contributed by atoms with E-state index in [9.17, 15) is 22.8 Å². The van der Waals surface area contributed by atoms with Crippen molar-refractivity contribution in [3.8, 4) is 11.5 Å². The molecule has 2 amide bonds. The van der Waals surface area contributed by atoms with Crippen molar-refractivity contribution < 1.29 is 32.2 Å². The van der Waals surface area contributed by atoms with Crippen LogP contribution in [0.1, 0.15) is 22.0 Å². The molecule has 0 radical (unpaired) electrons. The van der Waals surface area contributed by atoms with Crippen LogP contribution in [0.3, 0.4) is 0 Å². The highest BCUT2D eigenvalue weighted by molar-refractivity contribution is 5.98. The maximum atomic E-state index is 12.3. The summed E-state index contributed by atoms with van der Waals surface area (Å²) in [6.07, 6.45) is -4.99. The predicted octanol–water partition coefficient (Wildman–Crippen LogP) is 0.878. The summed E-state index contributed by atoms with van der Waals surface area (Å²) in [5, 5.41) is 4.27. The van der Waals surface area contributed by atoms with Crippen molar-refractivity contribution in [2.45, 2.75) is 12.2 Å². The molecular weight excluding hydrogens is 293 g/mol. The molecule has 0 saturated carbocycles. The van der Waals surface area contributed by atoms with E-state index in [0.29, 0.717) is 11.5 Å². The zero-order valence-corrected chi connectivity index (χ0v) is 10.4. The van der Waals surface area contributed by atoms with E-state index in [0.717, 1.165) is 0 Å². The fourth-order valence-electron chi connectivity index (χ4n) is 2.21. The largest absolute Gasteiger partial charge is 0.471 e. The minimum Gasteiger partial charge on any atom is -0.454 e. The van der Waals surface area contributed by atoms with Crippen LogP contribution in [0.25, 0.3) is 0 Å². The molecule has 0 unspecified atom stereocenters. The van der Waals surface area contributed by atoms with E-state index in [4.69, 9.17) is 9.47 Å². The molecule has 6 nitrogen and oxygen atoms in total. The summed E-state index contributed by atoms with van der Waals surface area (Å²) >= 11 is 0. The Morgan fingerprint density at radius 2 is 1.95 bits per heavy atom. The molecule has 0 aromatic heterocycles. The third-order valence-electron chi connectivity index (χ3n) is 3.19. The highest BCUT2D eigenvalue weighted by Crippen LogP contribution is 2.38. The van der Waals surface area contributed by atoms with Gasteiger partial charge in [-0.1, -0.05) is 0 Å². The van der Waals surface area contributed by atoms with Gasteiger partial charge in [0, 0.05) is 12.1 Å². The maximum absolute atomic E-state index is 12.3. The molecule has 9 heteroatoms. The van der Waals surface area contributed by atoms with Crippen LogP contribution < -0.4 is 20.1 Å². The number of amides is 2. The van der Waals surface area contributed by atoms with Crippen LogP contribution in [-0.2, 0) is 4.79 Å². The van der Waals surface area contributed by atoms with Crippen LogP contribution in [0.4, 0.5) is 13.2 Å². The number of halogens is 3. The third kappa shape index (κ3) is 2.34. The highest BCUT2D eigenvalue weighted by atomic mass is 19.4. The Balaban J connectivity index is 1.95. The Kier molecular flexibility index (Phi) is 2.92. The highest BCUT2D eigenvalue weighted by Gasteiger charge is 2.41. The number of fused-ring (bicyclic) bond motifs is 2. The van der Waals surface area contributed by atoms with Crippen LogP contribution in [0, 0.1) is 0 Å². The molecule has 1 aromatic rings. The fourth-order valence-corrected chi connectivity index (χ4v) is 2.21. The summed E-state index contributed by atoms with van der Waals surface area (Å²) in [5.74, 6) is -1.84. The molecule has 2 aliphatic heterocycles. The molecule has 1 aromatic carbocycles. The minimum atomic E-state index is -4.99. The lowest BCUT2D eigenvalue weighted by atomic mass is 9.95. The summed E-state index contributed by atoms with van der Waals surface area (Å²) < 4.78 is 47.2. The molecule has 0 bridgehead atoms. The summed E-state index contributed by atoms with van der Waals surface area (Å²) in [6, 6.07) is 1.82. The first-order chi connectivity index (χ1) is 9.86. The van der Waals surface area contributed by atoms with Crippen LogP contribution in [0.2, 0.25) is 0 Å². The number of carbonyl (C=O) groups excluding carboxylic acids is 2. The van der Waals surface area contributed by atoms with Crippen LogP contribution >= 0.6 is 0 Å². The van der Waals surface area contributed by atoms with Gasteiger partial charge in [0.25, 0.3) is 5.91 Å². The van der Waals surface area contributed by atoms with Crippen molar-refractivity contribution in [1.82, 2.24) is 10.6 Å². The van der Waals surface area contributed by atoms with Gasteiger partial charge in [-0.25, -0.2) is 0 Å². The molecule has 3 rings (SSSR count). The predicted molar refractivity (Wildman–Crippen MR) is 61.8 cm³/mol. The van der Waals surface area contributed by atoms with E-state index in [1.165, 1.54) is 12.1 Å².